The fourth-order valence-corrected chi connectivity index (χ4v) is 5.64. The second-order valence-corrected chi connectivity index (χ2v) is 13.1. The van der Waals surface area contributed by atoms with Crippen molar-refractivity contribution in [1.29, 1.82) is 0 Å². The summed E-state index contributed by atoms with van der Waals surface area (Å²) in [6.45, 7) is 14.4. The first kappa shape index (κ1) is 31.0. The van der Waals surface area contributed by atoms with E-state index in [-0.39, 0.29) is 10.8 Å². The molecule has 220 valence electrons. The number of benzene rings is 3. The molecule has 1 aliphatic carbocycles. The molecule has 5 nitrogen and oxygen atoms in total. The van der Waals surface area contributed by atoms with Crippen LogP contribution in [0.5, 0.6) is 11.5 Å². The standard InChI is InChI=1S/C37H42O5/c1-24-16-14-15-21-28(24)31(25-22-29(36(2,3)4)33(38)30(23-25)37(5,6)7)32(34(39)41-26-17-10-8-11-18-26)35(40)42-27-19-12-9-13-20-27/h8-23,25,31-33,38H,1-7H3/t25?,31-,33?/m0/s1. The number of aryl methyl sites for hydroxylation is 1. The van der Waals surface area contributed by atoms with Crippen molar-refractivity contribution in [2.45, 2.75) is 60.5 Å². The monoisotopic (exact) mass is 566 g/mol. The van der Waals surface area contributed by atoms with E-state index < -0.39 is 35.8 Å². The van der Waals surface area contributed by atoms with Gasteiger partial charge in [0, 0.05) is 11.8 Å². The number of hydrogen-bond acceptors (Lipinski definition) is 5. The lowest BCUT2D eigenvalue weighted by molar-refractivity contribution is -0.152. The van der Waals surface area contributed by atoms with Crippen molar-refractivity contribution < 1.29 is 24.2 Å². The van der Waals surface area contributed by atoms with Crippen LogP contribution in [0.1, 0.15) is 58.6 Å². The van der Waals surface area contributed by atoms with E-state index in [0.717, 1.165) is 22.3 Å². The minimum atomic E-state index is -1.30. The third-order valence-corrected chi connectivity index (χ3v) is 7.82. The molecule has 5 heteroatoms. The van der Waals surface area contributed by atoms with Gasteiger partial charge >= 0.3 is 11.9 Å². The molecule has 0 radical (unpaired) electrons. The molecule has 0 aromatic heterocycles. The van der Waals surface area contributed by atoms with Crippen LogP contribution in [-0.2, 0) is 9.59 Å². The molecule has 0 saturated carbocycles. The Morgan fingerprint density at radius 3 is 1.48 bits per heavy atom. The van der Waals surface area contributed by atoms with E-state index in [0.29, 0.717) is 11.5 Å². The maximum Gasteiger partial charge on any atom is 0.326 e. The van der Waals surface area contributed by atoms with Crippen molar-refractivity contribution >= 4 is 11.9 Å². The topological polar surface area (TPSA) is 72.8 Å². The Hall–Kier alpha value is -3.96. The number of para-hydroxylation sites is 2. The smallest absolute Gasteiger partial charge is 0.326 e. The van der Waals surface area contributed by atoms with Crippen molar-refractivity contribution in [3.8, 4) is 11.5 Å². The van der Waals surface area contributed by atoms with Crippen LogP contribution in [-0.4, -0.2) is 23.1 Å². The normalized spacial score (nSPS) is 18.1. The van der Waals surface area contributed by atoms with E-state index >= 15 is 0 Å². The van der Waals surface area contributed by atoms with Gasteiger partial charge in [0.1, 0.15) is 11.5 Å². The zero-order chi connectivity index (χ0) is 30.7. The second kappa shape index (κ2) is 12.5. The highest BCUT2D eigenvalue weighted by Crippen LogP contribution is 2.47. The van der Waals surface area contributed by atoms with Crippen LogP contribution in [0.2, 0.25) is 0 Å². The van der Waals surface area contributed by atoms with Gasteiger partial charge in [0.05, 0.1) is 6.10 Å². The van der Waals surface area contributed by atoms with Crippen LogP contribution < -0.4 is 9.47 Å². The highest BCUT2D eigenvalue weighted by molar-refractivity contribution is 5.98. The van der Waals surface area contributed by atoms with Gasteiger partial charge in [0.25, 0.3) is 0 Å². The van der Waals surface area contributed by atoms with Crippen molar-refractivity contribution in [2.75, 3.05) is 0 Å². The molecule has 0 bridgehead atoms. The van der Waals surface area contributed by atoms with Crippen LogP contribution in [0.3, 0.4) is 0 Å². The SMILES string of the molecule is Cc1ccccc1[C@H](C1C=C(C(C)(C)C)C(O)C(C(C)(C)C)=C1)C(C(=O)Oc1ccccc1)C(=O)Oc1ccccc1. The number of rotatable bonds is 7. The molecule has 1 N–H and O–H groups in total. The average Bonchev–Trinajstić information content (AvgIpc) is 2.92. The van der Waals surface area contributed by atoms with E-state index in [1.54, 1.807) is 48.5 Å². The molecule has 0 spiro atoms. The highest BCUT2D eigenvalue weighted by atomic mass is 16.6. The molecule has 3 aromatic rings. The maximum absolute atomic E-state index is 14.1. The zero-order valence-corrected chi connectivity index (χ0v) is 25.6. The second-order valence-electron chi connectivity index (χ2n) is 13.1. The Morgan fingerprint density at radius 2 is 1.07 bits per heavy atom. The lowest BCUT2D eigenvalue weighted by Crippen LogP contribution is -2.41. The molecule has 0 amide bonds. The summed E-state index contributed by atoms with van der Waals surface area (Å²) in [6, 6.07) is 25.3. The number of esters is 2. The molecule has 0 fully saturated rings. The number of carbonyl (C=O) groups is 2. The number of ether oxygens (including phenoxy) is 2. The third kappa shape index (κ3) is 7.08. The summed E-state index contributed by atoms with van der Waals surface area (Å²) in [5, 5.41) is 11.6. The number of aliphatic hydroxyl groups is 1. The Balaban J connectivity index is 1.94. The molecule has 1 atom stereocenters. The first-order valence-electron chi connectivity index (χ1n) is 14.5. The van der Waals surface area contributed by atoms with Crippen LogP contribution >= 0.6 is 0 Å². The summed E-state index contributed by atoms with van der Waals surface area (Å²) in [6.07, 6.45) is 3.30. The third-order valence-electron chi connectivity index (χ3n) is 7.82. The Labute approximate surface area is 249 Å². The van der Waals surface area contributed by atoms with Crippen LogP contribution in [0.15, 0.2) is 108 Å². The largest absolute Gasteiger partial charge is 0.426 e. The number of allylic oxidation sites excluding steroid dienone is 2. The fraction of sp³-hybridized carbons (Fsp3) is 0.351. The Morgan fingerprint density at radius 1 is 0.667 bits per heavy atom. The van der Waals surface area contributed by atoms with Gasteiger partial charge in [-0.25, -0.2) is 0 Å². The molecular weight excluding hydrogens is 524 g/mol. The van der Waals surface area contributed by atoms with Gasteiger partial charge in [0.15, 0.2) is 5.92 Å². The predicted molar refractivity (Wildman–Crippen MR) is 166 cm³/mol. The maximum atomic E-state index is 14.1. The molecule has 3 aromatic carbocycles. The first-order valence-corrected chi connectivity index (χ1v) is 14.5. The van der Waals surface area contributed by atoms with E-state index in [1.165, 1.54) is 0 Å². The summed E-state index contributed by atoms with van der Waals surface area (Å²) in [4.78, 5) is 28.2. The van der Waals surface area contributed by atoms with E-state index in [4.69, 9.17) is 9.47 Å². The minimum absolute atomic E-state index is 0.347. The quantitative estimate of drug-likeness (QED) is 0.137. The van der Waals surface area contributed by atoms with Gasteiger partial charge in [-0.1, -0.05) is 114 Å². The van der Waals surface area contributed by atoms with E-state index in [9.17, 15) is 14.7 Å². The van der Waals surface area contributed by atoms with Crippen molar-refractivity contribution in [2.24, 2.45) is 22.7 Å². The number of aliphatic hydroxyl groups excluding tert-OH is 1. The Bertz CT molecular complexity index is 1370. The van der Waals surface area contributed by atoms with Gasteiger partial charge in [-0.05, 0) is 64.3 Å². The van der Waals surface area contributed by atoms with Crippen molar-refractivity contribution in [3.05, 3.63) is 119 Å². The highest BCUT2D eigenvalue weighted by Gasteiger charge is 2.46. The molecule has 0 heterocycles. The van der Waals surface area contributed by atoms with Gasteiger partial charge in [0.2, 0.25) is 0 Å². The van der Waals surface area contributed by atoms with Crippen LogP contribution in [0.4, 0.5) is 0 Å². The molecule has 42 heavy (non-hydrogen) atoms. The van der Waals surface area contributed by atoms with E-state index in [2.05, 4.69) is 41.5 Å². The molecule has 4 rings (SSSR count). The van der Waals surface area contributed by atoms with Gasteiger partial charge < -0.3 is 14.6 Å². The van der Waals surface area contributed by atoms with Crippen LogP contribution in [0.25, 0.3) is 0 Å². The number of carbonyl (C=O) groups excluding carboxylic acids is 2. The minimum Gasteiger partial charge on any atom is -0.426 e. The predicted octanol–water partition coefficient (Wildman–Crippen LogP) is 7.84. The van der Waals surface area contributed by atoms with Gasteiger partial charge in [-0.15, -0.1) is 0 Å². The first-order chi connectivity index (χ1) is 19.8. The lowest BCUT2D eigenvalue weighted by Gasteiger charge is -2.41. The van der Waals surface area contributed by atoms with Gasteiger partial charge in [-0.3, -0.25) is 9.59 Å². The van der Waals surface area contributed by atoms with E-state index in [1.807, 2.05) is 55.5 Å². The molecule has 0 saturated heterocycles. The van der Waals surface area contributed by atoms with Gasteiger partial charge in [-0.2, -0.15) is 0 Å². The fourth-order valence-electron chi connectivity index (χ4n) is 5.64. The molecule has 1 aliphatic rings. The summed E-state index contributed by atoms with van der Waals surface area (Å²) >= 11 is 0. The summed E-state index contributed by atoms with van der Waals surface area (Å²) in [5.74, 6) is -3.08. The van der Waals surface area contributed by atoms with Crippen molar-refractivity contribution in [1.82, 2.24) is 0 Å². The summed E-state index contributed by atoms with van der Waals surface area (Å²) in [7, 11) is 0. The van der Waals surface area contributed by atoms with Crippen molar-refractivity contribution in [3.63, 3.8) is 0 Å². The molecular formula is C37H42O5. The summed E-state index contributed by atoms with van der Waals surface area (Å²) in [5.41, 5.74) is 2.77. The molecule has 0 unspecified atom stereocenters. The Kier molecular flexibility index (Phi) is 9.22. The number of hydrogen-bond donors (Lipinski definition) is 1. The average molecular weight is 567 g/mol. The summed E-state index contributed by atoms with van der Waals surface area (Å²) < 4.78 is 11.7. The molecule has 0 aliphatic heterocycles. The zero-order valence-electron chi connectivity index (χ0n) is 25.6. The lowest BCUT2D eigenvalue weighted by atomic mass is 9.65. The van der Waals surface area contributed by atoms with Crippen LogP contribution in [0, 0.1) is 29.6 Å².